The van der Waals surface area contributed by atoms with E-state index in [1.807, 2.05) is 0 Å². The Morgan fingerprint density at radius 2 is 1.82 bits per heavy atom. The predicted molar refractivity (Wildman–Crippen MR) is 137 cm³/mol. The number of carbonyl (C=O) groups is 2. The summed E-state index contributed by atoms with van der Waals surface area (Å²) in [6, 6.07) is 7.57. The number of imidazole rings is 1. The summed E-state index contributed by atoms with van der Waals surface area (Å²) >= 11 is 0. The maximum Gasteiger partial charge on any atom is 0.420 e. The van der Waals surface area contributed by atoms with E-state index in [1.165, 1.54) is 19.2 Å². The molecule has 3 unspecified atom stereocenters. The second kappa shape index (κ2) is 9.72. The first-order valence-electron chi connectivity index (χ1n) is 12.7. The van der Waals surface area contributed by atoms with Crippen molar-refractivity contribution in [3.63, 3.8) is 0 Å². The first-order valence-corrected chi connectivity index (χ1v) is 12.7. The lowest BCUT2D eigenvalue weighted by Gasteiger charge is -2.31. The molecule has 0 bridgehead atoms. The highest BCUT2D eigenvalue weighted by molar-refractivity contribution is 5.95. The third-order valence-electron chi connectivity index (χ3n) is 7.34. The number of fused-ring (bicyclic) bond motifs is 1. The van der Waals surface area contributed by atoms with Crippen molar-refractivity contribution >= 4 is 28.7 Å². The molecule has 0 saturated heterocycles. The monoisotopic (exact) mass is 560 g/mol. The molecular weight excluding hydrogens is 532 g/mol. The first-order chi connectivity index (χ1) is 18.7. The summed E-state index contributed by atoms with van der Waals surface area (Å²) in [5.74, 6) is -2.05. The number of alkyl halides is 3. The molecule has 0 radical (unpaired) electrons. The maximum atomic E-state index is 14.0. The molecule has 1 fully saturated rings. The largest absolute Gasteiger partial charge is 0.469 e. The lowest BCUT2D eigenvalue weighted by atomic mass is 9.79. The highest BCUT2D eigenvalue weighted by Gasteiger charge is 2.54. The number of ether oxygens (including phenoxy) is 3. The fraction of sp³-hybridized carbons (Fsp3) is 0.414. The molecule has 3 atom stereocenters. The Balaban J connectivity index is 1.64. The van der Waals surface area contributed by atoms with Crippen LogP contribution in [0.15, 0.2) is 48.8 Å². The molecule has 1 aliphatic carbocycles. The third-order valence-corrected chi connectivity index (χ3v) is 7.34. The van der Waals surface area contributed by atoms with Crippen LogP contribution in [0.25, 0.3) is 16.6 Å². The lowest BCUT2D eigenvalue weighted by Crippen LogP contribution is -2.34. The molecule has 2 aliphatic rings. The second-order valence-corrected chi connectivity index (χ2v) is 11.1. The average molecular weight is 561 g/mol. The summed E-state index contributed by atoms with van der Waals surface area (Å²) in [7, 11) is 1.28. The van der Waals surface area contributed by atoms with E-state index >= 15 is 0 Å². The van der Waals surface area contributed by atoms with E-state index in [4.69, 9.17) is 14.2 Å². The van der Waals surface area contributed by atoms with Gasteiger partial charge in [-0.1, -0.05) is 12.1 Å². The fourth-order valence-corrected chi connectivity index (χ4v) is 5.68. The first kappa shape index (κ1) is 27.8. The summed E-state index contributed by atoms with van der Waals surface area (Å²) in [6.07, 6.45) is -1.88. The number of hydrogen-bond acceptors (Lipinski definition) is 6. The molecule has 1 spiro atoms. The molecule has 212 valence electrons. The van der Waals surface area contributed by atoms with Gasteiger partial charge in [-0.05, 0) is 75.1 Å². The molecule has 11 heteroatoms. The highest BCUT2D eigenvalue weighted by Crippen LogP contribution is 2.54. The van der Waals surface area contributed by atoms with Crippen LogP contribution in [0.2, 0.25) is 0 Å². The van der Waals surface area contributed by atoms with E-state index in [2.05, 4.69) is 4.98 Å². The van der Waals surface area contributed by atoms with E-state index in [0.717, 1.165) is 23.0 Å². The van der Waals surface area contributed by atoms with Crippen molar-refractivity contribution in [3.8, 4) is 0 Å². The quantitative estimate of drug-likeness (QED) is 0.269. The number of rotatable bonds is 3. The summed E-state index contributed by atoms with van der Waals surface area (Å²) in [6.45, 7) is 4.90. The van der Waals surface area contributed by atoms with Crippen molar-refractivity contribution in [2.75, 3.05) is 13.7 Å². The number of esters is 1. The van der Waals surface area contributed by atoms with Crippen molar-refractivity contribution in [3.05, 3.63) is 71.3 Å². The molecule has 40 heavy (non-hydrogen) atoms. The van der Waals surface area contributed by atoms with Gasteiger partial charge in [0.15, 0.2) is 0 Å². The number of methoxy groups -OCH3 is 1. The Morgan fingerprint density at radius 1 is 1.12 bits per heavy atom. The van der Waals surface area contributed by atoms with Crippen molar-refractivity contribution in [1.29, 1.82) is 0 Å². The molecule has 5 rings (SSSR count). The summed E-state index contributed by atoms with van der Waals surface area (Å²) in [5.41, 5.74) is -1.53. The molecular formula is C29H28F4N2O5. The van der Waals surface area contributed by atoms with E-state index in [0.29, 0.717) is 24.0 Å². The van der Waals surface area contributed by atoms with Crippen LogP contribution in [-0.4, -0.2) is 46.5 Å². The van der Waals surface area contributed by atoms with Crippen LogP contribution in [0, 0.1) is 11.7 Å². The number of benzene rings is 2. The zero-order valence-corrected chi connectivity index (χ0v) is 22.3. The SMILES string of the molecule is COC(=O)C1CCC2(C=C(c3cc(C(F)(F)F)cc4c3ncn4C(=O)OC(C)(C)C)CO2)C1c1ccc(F)cc1. The number of aromatic nitrogens is 2. The van der Waals surface area contributed by atoms with Crippen LogP contribution >= 0.6 is 0 Å². The van der Waals surface area contributed by atoms with Crippen LogP contribution in [-0.2, 0) is 25.2 Å². The van der Waals surface area contributed by atoms with Crippen LogP contribution in [0.1, 0.15) is 56.2 Å². The molecule has 2 heterocycles. The summed E-state index contributed by atoms with van der Waals surface area (Å²) < 4.78 is 73.4. The number of hydrogen-bond donors (Lipinski definition) is 0. The smallest absolute Gasteiger partial charge is 0.420 e. The van der Waals surface area contributed by atoms with Gasteiger partial charge in [0.25, 0.3) is 0 Å². The molecule has 0 N–H and O–H groups in total. The van der Waals surface area contributed by atoms with Gasteiger partial charge in [0.2, 0.25) is 0 Å². The van der Waals surface area contributed by atoms with E-state index < -0.39 is 52.7 Å². The molecule has 1 saturated carbocycles. The lowest BCUT2D eigenvalue weighted by molar-refractivity contribution is -0.146. The topological polar surface area (TPSA) is 79.7 Å². The van der Waals surface area contributed by atoms with Gasteiger partial charge in [-0.3, -0.25) is 4.79 Å². The van der Waals surface area contributed by atoms with Gasteiger partial charge in [-0.15, -0.1) is 0 Å². The van der Waals surface area contributed by atoms with Crippen molar-refractivity contribution in [2.45, 2.75) is 56.9 Å². The van der Waals surface area contributed by atoms with Crippen molar-refractivity contribution < 1.29 is 41.4 Å². The van der Waals surface area contributed by atoms with Crippen LogP contribution in [0.4, 0.5) is 22.4 Å². The van der Waals surface area contributed by atoms with Gasteiger partial charge in [-0.2, -0.15) is 13.2 Å². The van der Waals surface area contributed by atoms with Crippen LogP contribution in [0.5, 0.6) is 0 Å². The second-order valence-electron chi connectivity index (χ2n) is 11.1. The van der Waals surface area contributed by atoms with E-state index in [-0.39, 0.29) is 23.2 Å². The minimum Gasteiger partial charge on any atom is -0.469 e. The van der Waals surface area contributed by atoms with E-state index in [1.54, 1.807) is 39.0 Å². The number of halogens is 4. The van der Waals surface area contributed by atoms with Crippen molar-refractivity contribution in [2.24, 2.45) is 5.92 Å². The minimum atomic E-state index is -4.70. The zero-order chi connectivity index (χ0) is 29.0. The van der Waals surface area contributed by atoms with Gasteiger partial charge < -0.3 is 14.2 Å². The van der Waals surface area contributed by atoms with Gasteiger partial charge in [0.1, 0.15) is 17.7 Å². The zero-order valence-electron chi connectivity index (χ0n) is 22.3. The Hall–Kier alpha value is -3.73. The van der Waals surface area contributed by atoms with Gasteiger partial charge in [-0.25, -0.2) is 18.7 Å². The average Bonchev–Trinajstić information content (AvgIpc) is 3.59. The molecule has 1 aliphatic heterocycles. The normalized spacial score (nSPS) is 23.1. The Bertz CT molecular complexity index is 1500. The summed E-state index contributed by atoms with van der Waals surface area (Å²) in [4.78, 5) is 29.8. The molecule has 7 nitrogen and oxygen atoms in total. The molecule has 3 aromatic rings. The summed E-state index contributed by atoms with van der Waals surface area (Å²) in [5, 5.41) is 0. The van der Waals surface area contributed by atoms with Crippen molar-refractivity contribution in [1.82, 2.24) is 9.55 Å². The minimum absolute atomic E-state index is 0.0543. The predicted octanol–water partition coefficient (Wildman–Crippen LogP) is 6.50. The van der Waals surface area contributed by atoms with Crippen LogP contribution < -0.4 is 0 Å². The molecule has 1 aromatic heterocycles. The Labute approximate surface area is 227 Å². The van der Waals surface area contributed by atoms with Gasteiger partial charge in [0.05, 0.1) is 41.8 Å². The van der Waals surface area contributed by atoms with Gasteiger partial charge in [0, 0.05) is 11.5 Å². The standard InChI is InChI=1S/C29H28F4N2O5/c1-27(2,3)40-26(37)35-15-34-24-21(11-18(12-22(24)35)29(31,32)33)17-13-28(39-14-17)10-9-20(25(36)38-4)23(28)16-5-7-19(30)8-6-16/h5-8,11-13,15,20,23H,9-10,14H2,1-4H3. The molecule has 0 amide bonds. The Kier molecular flexibility index (Phi) is 6.76. The third kappa shape index (κ3) is 4.98. The number of nitrogens with zero attached hydrogens (tertiary/aromatic N) is 2. The highest BCUT2D eigenvalue weighted by atomic mass is 19.4. The Morgan fingerprint density at radius 3 is 2.45 bits per heavy atom. The van der Waals surface area contributed by atoms with Crippen LogP contribution in [0.3, 0.4) is 0 Å². The van der Waals surface area contributed by atoms with E-state index in [9.17, 15) is 27.2 Å². The van der Waals surface area contributed by atoms with Gasteiger partial charge >= 0.3 is 18.2 Å². The molecule has 2 aromatic carbocycles. The maximum absolute atomic E-state index is 14.0. The fourth-order valence-electron chi connectivity index (χ4n) is 5.68. The number of carbonyl (C=O) groups excluding carboxylic acids is 2.